The number of carbonyl (C=O) groups excluding carboxylic acids is 1. The molecule has 6 nitrogen and oxygen atoms in total. The van der Waals surface area contributed by atoms with E-state index in [4.69, 9.17) is 21.4 Å². The first-order chi connectivity index (χ1) is 15.0. The largest absolute Gasteiger partial charge is 0.457 e. The average molecular weight is 447 g/mol. The number of hydrogen-bond donors (Lipinski definition) is 1. The van der Waals surface area contributed by atoms with Gasteiger partial charge >= 0.3 is 0 Å². The second-order valence-corrected chi connectivity index (χ2v) is 8.40. The highest BCUT2D eigenvalue weighted by Crippen LogP contribution is 2.32. The zero-order valence-electron chi connectivity index (χ0n) is 16.3. The van der Waals surface area contributed by atoms with E-state index in [1.54, 1.807) is 24.3 Å². The number of aryl methyl sites for hydroxylation is 1. The van der Waals surface area contributed by atoms with Crippen LogP contribution >= 0.6 is 23.4 Å². The van der Waals surface area contributed by atoms with Crippen LogP contribution in [0.3, 0.4) is 0 Å². The molecule has 3 heterocycles. The number of amidine groups is 2. The van der Waals surface area contributed by atoms with Gasteiger partial charge in [0.05, 0.1) is 5.57 Å². The first-order valence-electron chi connectivity index (χ1n) is 9.41. The van der Waals surface area contributed by atoms with E-state index in [2.05, 4.69) is 10.1 Å². The van der Waals surface area contributed by atoms with E-state index in [1.807, 2.05) is 43.3 Å². The normalized spacial score (nSPS) is 17.1. The standard InChI is InChI=1S/C23H15ClN4O2S/c1-13-5-7-14(8-6-13)22-27-28-20(25)18(21(29)26-23(28)31-22)12-17-9-10-19(30-17)15-3-2-4-16(24)11-15/h2-12,25H,1H3. The summed E-state index contributed by atoms with van der Waals surface area (Å²) in [4.78, 5) is 16.7. The number of rotatable bonds is 3. The van der Waals surface area contributed by atoms with Crippen molar-refractivity contribution in [3.05, 3.63) is 88.1 Å². The number of fused-ring (bicyclic) bond motifs is 1. The SMILES string of the molecule is Cc1ccc(C2=NN3C(=N)C(=Cc4ccc(-c5cccc(Cl)c5)o4)C(=O)N=C3S2)cc1. The molecule has 0 unspecified atom stereocenters. The topological polar surface area (TPSA) is 82.0 Å². The van der Waals surface area contributed by atoms with E-state index in [0.29, 0.717) is 26.8 Å². The van der Waals surface area contributed by atoms with Crippen molar-refractivity contribution in [2.45, 2.75) is 6.92 Å². The summed E-state index contributed by atoms with van der Waals surface area (Å²) >= 11 is 7.32. The minimum Gasteiger partial charge on any atom is -0.457 e. The average Bonchev–Trinajstić information content (AvgIpc) is 3.39. The van der Waals surface area contributed by atoms with Gasteiger partial charge in [-0.3, -0.25) is 10.2 Å². The number of benzene rings is 2. The van der Waals surface area contributed by atoms with E-state index in [1.165, 1.54) is 22.8 Å². The zero-order chi connectivity index (χ0) is 21.5. The van der Waals surface area contributed by atoms with Crippen molar-refractivity contribution < 1.29 is 9.21 Å². The predicted molar refractivity (Wildman–Crippen MR) is 124 cm³/mol. The Kier molecular flexibility index (Phi) is 4.84. The van der Waals surface area contributed by atoms with Gasteiger partial charge in [0.25, 0.3) is 5.91 Å². The molecule has 0 aliphatic carbocycles. The molecule has 0 bridgehead atoms. The van der Waals surface area contributed by atoms with Crippen LogP contribution in [0.25, 0.3) is 17.4 Å². The van der Waals surface area contributed by atoms with Crippen molar-refractivity contribution in [3.8, 4) is 11.3 Å². The molecular formula is C23H15ClN4O2S. The van der Waals surface area contributed by atoms with Gasteiger partial charge < -0.3 is 4.42 Å². The number of nitrogens with one attached hydrogen (secondary N) is 1. The van der Waals surface area contributed by atoms with Crippen LogP contribution in [0.15, 0.2) is 80.7 Å². The monoisotopic (exact) mass is 446 g/mol. The highest BCUT2D eigenvalue weighted by atomic mass is 35.5. The summed E-state index contributed by atoms with van der Waals surface area (Å²) in [6.07, 6.45) is 1.52. The number of aliphatic imine (C=N–C) groups is 1. The predicted octanol–water partition coefficient (Wildman–Crippen LogP) is 5.58. The first kappa shape index (κ1) is 19.5. The van der Waals surface area contributed by atoms with Gasteiger partial charge in [0, 0.05) is 16.1 Å². The second-order valence-electron chi connectivity index (χ2n) is 7.00. The molecule has 2 aliphatic rings. The summed E-state index contributed by atoms with van der Waals surface area (Å²) in [5.74, 6) is 0.524. The number of hydrogen-bond acceptors (Lipinski definition) is 5. The van der Waals surface area contributed by atoms with Crippen LogP contribution in [0.4, 0.5) is 0 Å². The smallest absolute Gasteiger partial charge is 0.283 e. The maximum atomic E-state index is 12.6. The molecule has 152 valence electrons. The van der Waals surface area contributed by atoms with Crippen molar-refractivity contribution in [2.75, 3.05) is 0 Å². The molecular weight excluding hydrogens is 432 g/mol. The van der Waals surface area contributed by atoms with Crippen LogP contribution < -0.4 is 0 Å². The molecule has 1 N–H and O–H groups in total. The van der Waals surface area contributed by atoms with Gasteiger partial charge in [-0.05, 0) is 49.0 Å². The molecule has 1 amide bonds. The van der Waals surface area contributed by atoms with E-state index in [9.17, 15) is 4.79 Å². The Bertz CT molecular complexity index is 1320. The fourth-order valence-electron chi connectivity index (χ4n) is 3.17. The Morgan fingerprint density at radius 2 is 1.90 bits per heavy atom. The van der Waals surface area contributed by atoms with E-state index in [0.717, 1.165) is 16.7 Å². The Balaban J connectivity index is 1.44. The third-order valence-electron chi connectivity index (χ3n) is 4.78. The minimum absolute atomic E-state index is 0.0367. The van der Waals surface area contributed by atoms with Crippen LogP contribution in [0, 0.1) is 12.3 Å². The minimum atomic E-state index is -0.496. The van der Waals surface area contributed by atoms with Crippen molar-refractivity contribution >= 4 is 51.4 Å². The van der Waals surface area contributed by atoms with E-state index < -0.39 is 5.91 Å². The van der Waals surface area contributed by atoms with Gasteiger partial charge in [-0.2, -0.15) is 15.1 Å². The van der Waals surface area contributed by atoms with Crippen LogP contribution in [-0.2, 0) is 4.79 Å². The van der Waals surface area contributed by atoms with Gasteiger partial charge in [-0.1, -0.05) is 53.6 Å². The van der Waals surface area contributed by atoms with E-state index in [-0.39, 0.29) is 11.4 Å². The van der Waals surface area contributed by atoms with Crippen LogP contribution in [-0.4, -0.2) is 27.0 Å². The first-order valence-corrected chi connectivity index (χ1v) is 10.6. The van der Waals surface area contributed by atoms with Crippen molar-refractivity contribution in [2.24, 2.45) is 10.1 Å². The zero-order valence-corrected chi connectivity index (χ0v) is 17.9. The summed E-state index contributed by atoms with van der Waals surface area (Å²) in [6, 6.07) is 18.7. The molecule has 0 spiro atoms. The molecule has 0 saturated carbocycles. The quantitative estimate of drug-likeness (QED) is 0.533. The molecule has 5 rings (SSSR count). The van der Waals surface area contributed by atoms with Gasteiger partial charge in [-0.25, -0.2) is 0 Å². The molecule has 0 radical (unpaired) electrons. The Morgan fingerprint density at radius 3 is 2.68 bits per heavy atom. The molecule has 3 aromatic rings. The maximum Gasteiger partial charge on any atom is 0.283 e. The number of furan rings is 1. The van der Waals surface area contributed by atoms with Crippen molar-refractivity contribution in [3.63, 3.8) is 0 Å². The lowest BCUT2D eigenvalue weighted by molar-refractivity contribution is -0.114. The van der Waals surface area contributed by atoms with Crippen molar-refractivity contribution in [1.29, 1.82) is 5.41 Å². The number of thioether (sulfide) groups is 1. The summed E-state index contributed by atoms with van der Waals surface area (Å²) in [7, 11) is 0. The third kappa shape index (κ3) is 3.73. The lowest BCUT2D eigenvalue weighted by Gasteiger charge is -2.19. The third-order valence-corrected chi connectivity index (χ3v) is 5.97. The molecule has 0 saturated heterocycles. The Hall–Kier alpha value is -3.42. The second kappa shape index (κ2) is 7.68. The Morgan fingerprint density at radius 1 is 1.10 bits per heavy atom. The van der Waals surface area contributed by atoms with Gasteiger partial charge in [-0.15, -0.1) is 0 Å². The number of carbonyl (C=O) groups is 1. The summed E-state index contributed by atoms with van der Waals surface area (Å²) < 4.78 is 5.85. The lowest BCUT2D eigenvalue weighted by Crippen LogP contribution is -2.35. The molecule has 2 aliphatic heterocycles. The number of halogens is 1. The molecule has 0 atom stereocenters. The van der Waals surface area contributed by atoms with Gasteiger partial charge in [0.15, 0.2) is 5.84 Å². The number of amides is 1. The highest BCUT2D eigenvalue weighted by molar-refractivity contribution is 8.27. The fourth-order valence-corrected chi connectivity index (χ4v) is 4.26. The maximum absolute atomic E-state index is 12.6. The fraction of sp³-hybridized carbons (Fsp3) is 0.0435. The molecule has 8 heteroatoms. The van der Waals surface area contributed by atoms with E-state index >= 15 is 0 Å². The molecule has 2 aromatic carbocycles. The summed E-state index contributed by atoms with van der Waals surface area (Å²) in [5.41, 5.74) is 3.00. The lowest BCUT2D eigenvalue weighted by atomic mass is 10.1. The highest BCUT2D eigenvalue weighted by Gasteiger charge is 2.36. The van der Waals surface area contributed by atoms with Crippen molar-refractivity contribution in [1.82, 2.24) is 5.01 Å². The molecule has 0 fully saturated rings. The summed E-state index contributed by atoms with van der Waals surface area (Å²) in [5, 5.41) is 16.1. The number of nitrogens with zero attached hydrogens (tertiary/aromatic N) is 3. The summed E-state index contributed by atoms with van der Waals surface area (Å²) in [6.45, 7) is 2.01. The van der Waals surface area contributed by atoms with Crippen LogP contribution in [0.1, 0.15) is 16.9 Å². The molecule has 1 aromatic heterocycles. The van der Waals surface area contributed by atoms with Crippen LogP contribution in [0.2, 0.25) is 5.02 Å². The van der Waals surface area contributed by atoms with Crippen LogP contribution in [0.5, 0.6) is 0 Å². The Labute approximate surface area is 187 Å². The van der Waals surface area contributed by atoms with Gasteiger partial charge in [0.1, 0.15) is 16.6 Å². The van der Waals surface area contributed by atoms with Gasteiger partial charge in [0.2, 0.25) is 5.17 Å². The number of hydrazone groups is 1. The molecule has 31 heavy (non-hydrogen) atoms.